The van der Waals surface area contributed by atoms with Gasteiger partial charge in [-0.05, 0) is 31.4 Å². The normalized spacial score (nSPS) is 26.3. The van der Waals surface area contributed by atoms with Gasteiger partial charge in [0.1, 0.15) is 18.3 Å². The van der Waals surface area contributed by atoms with Crippen molar-refractivity contribution in [3.8, 4) is 0 Å². The van der Waals surface area contributed by atoms with Gasteiger partial charge in [-0.2, -0.15) is 4.98 Å². The molecular weight excluding hydrogens is 529 g/mol. The first-order valence-electron chi connectivity index (χ1n) is 11.2. The minimum absolute atomic E-state index is 0. The minimum atomic E-state index is -4.82. The number of azide groups is 1. The van der Waals surface area contributed by atoms with Crippen LogP contribution in [0.1, 0.15) is 37.3 Å². The first kappa shape index (κ1) is 29.2. The highest BCUT2D eigenvalue weighted by Gasteiger charge is 2.37. The second-order valence-electron chi connectivity index (χ2n) is 8.49. The number of nitrogens with zero attached hydrogens (tertiary/aromatic N) is 6. The summed E-state index contributed by atoms with van der Waals surface area (Å²) in [5.41, 5.74) is 12.7. The maximum absolute atomic E-state index is 12.3. The highest BCUT2D eigenvalue weighted by Crippen LogP contribution is 2.41. The van der Waals surface area contributed by atoms with E-state index in [4.69, 9.17) is 29.8 Å². The summed E-state index contributed by atoms with van der Waals surface area (Å²) in [6.07, 6.45) is 0.430. The topological polar surface area (TPSA) is 278 Å². The number of aromatic nitrogens is 4. The zero-order valence-corrected chi connectivity index (χ0v) is 21.4. The lowest BCUT2D eigenvalue weighted by atomic mass is 10.1. The molecule has 19 heteroatoms. The van der Waals surface area contributed by atoms with Crippen molar-refractivity contribution in [2.75, 3.05) is 18.9 Å². The van der Waals surface area contributed by atoms with Crippen molar-refractivity contribution in [1.29, 1.82) is 0 Å². The molecule has 4 heterocycles. The molecule has 0 aliphatic carbocycles. The van der Waals surface area contributed by atoms with Crippen LogP contribution in [0.4, 0.5) is 5.82 Å². The number of aryl methyl sites for hydroxylation is 1. The summed E-state index contributed by atoms with van der Waals surface area (Å²) in [7, 11) is -4.82. The summed E-state index contributed by atoms with van der Waals surface area (Å²) in [4.78, 5) is 56.6. The van der Waals surface area contributed by atoms with Gasteiger partial charge in [-0.3, -0.25) is 23.5 Å². The van der Waals surface area contributed by atoms with Gasteiger partial charge in [-0.15, -0.1) is 0 Å². The van der Waals surface area contributed by atoms with Crippen LogP contribution in [0, 0.1) is 6.92 Å². The third-order valence-electron chi connectivity index (χ3n) is 5.92. The molecule has 0 spiro atoms. The smallest absolute Gasteiger partial charge is 0.351 e. The van der Waals surface area contributed by atoms with Crippen LogP contribution in [-0.4, -0.2) is 50.6 Å². The number of aromatic amines is 1. The van der Waals surface area contributed by atoms with E-state index in [2.05, 4.69) is 20.0 Å². The van der Waals surface area contributed by atoms with Gasteiger partial charge in [0.25, 0.3) is 13.4 Å². The fraction of sp³-hybridized carbons (Fsp3) is 0.579. The summed E-state index contributed by atoms with van der Waals surface area (Å²) in [6.45, 7) is 0.606. The maximum atomic E-state index is 12.3. The van der Waals surface area contributed by atoms with Crippen molar-refractivity contribution >= 4 is 13.6 Å². The number of nitrogen functional groups attached to an aromatic ring is 1. The van der Waals surface area contributed by atoms with E-state index < -0.39 is 62.1 Å². The molecule has 2 aromatic rings. The van der Waals surface area contributed by atoms with E-state index in [0.717, 1.165) is 4.57 Å². The maximum Gasteiger partial charge on any atom is 0.351 e. The summed E-state index contributed by atoms with van der Waals surface area (Å²) in [5, 5.41) is 3.60. The zero-order valence-electron chi connectivity index (χ0n) is 20.5. The van der Waals surface area contributed by atoms with Gasteiger partial charge < -0.3 is 35.3 Å². The van der Waals surface area contributed by atoms with Gasteiger partial charge in [0.2, 0.25) is 0 Å². The molecule has 2 saturated heterocycles. The predicted molar refractivity (Wildman–Crippen MR) is 129 cm³/mol. The van der Waals surface area contributed by atoms with Crippen molar-refractivity contribution in [2.45, 2.75) is 56.9 Å². The summed E-state index contributed by atoms with van der Waals surface area (Å²) < 4.78 is 36.0. The Hall–Kier alpha value is -3.34. The molecule has 38 heavy (non-hydrogen) atoms. The Bertz CT molecular complexity index is 1420. The molecule has 1 unspecified atom stereocenters. The molecule has 4 rings (SSSR count). The molecule has 0 radical (unpaired) electrons. The lowest BCUT2D eigenvalue weighted by Gasteiger charge is -2.26. The van der Waals surface area contributed by atoms with E-state index in [1.54, 1.807) is 0 Å². The lowest BCUT2D eigenvalue weighted by molar-refractivity contribution is -0.230. The molecule has 0 amide bonds. The average Bonchev–Trinajstić information content (AvgIpc) is 3.46. The monoisotopic (exact) mass is 557 g/mol. The van der Waals surface area contributed by atoms with Gasteiger partial charge in [0.05, 0.1) is 31.5 Å². The Morgan fingerprint density at radius 3 is 2.71 bits per heavy atom. The summed E-state index contributed by atoms with van der Waals surface area (Å²) in [6, 6.07) is 0.599. The number of phosphoric ester groups is 1. The highest BCUT2D eigenvalue weighted by molar-refractivity contribution is 7.45. The van der Waals surface area contributed by atoms with E-state index in [1.165, 1.54) is 30.0 Å². The molecule has 0 aromatic carbocycles. The molecule has 6 atom stereocenters. The molecule has 0 saturated carbocycles. The first-order valence-corrected chi connectivity index (χ1v) is 12.6. The number of nitrogens with one attached hydrogen (secondary N) is 1. The second kappa shape index (κ2) is 12.0. The van der Waals surface area contributed by atoms with E-state index in [-0.39, 0.29) is 30.6 Å². The Balaban J connectivity index is 0.00000400. The van der Waals surface area contributed by atoms with E-state index in [0.29, 0.717) is 12.8 Å². The standard InChI is InChI=1S/C19H25N8O9P.H3N/c1-10-7-27(19(30)23-17(10)28)16-6-12(24-25-21)13(36-16)9-34-37(31,32)33-8-11-2-3-15(35-11)26-5-4-14(20)22-18(26)29;/h4-5,7,11-13,15-16H,2-3,6,8-9H2,1H3,(H,31,32)(H2,20,22,29)(H,23,28,30);1H3/t11-,12-,13+,15+,16+;/m0./s1. The van der Waals surface area contributed by atoms with Gasteiger partial charge in [-0.25, -0.2) is 9.59 Å². The molecular formula is C19H28N9O9P. The number of quaternary nitrogens is 1. The van der Waals surface area contributed by atoms with Crippen LogP contribution in [0.25, 0.3) is 10.4 Å². The van der Waals surface area contributed by atoms with Crippen LogP contribution in [0.15, 0.2) is 38.0 Å². The number of H-pyrrole nitrogens is 1. The summed E-state index contributed by atoms with van der Waals surface area (Å²) >= 11 is 0. The lowest BCUT2D eigenvalue weighted by Crippen LogP contribution is -2.33. The van der Waals surface area contributed by atoms with Crippen LogP contribution in [0.2, 0.25) is 0 Å². The highest BCUT2D eigenvalue weighted by atomic mass is 31.2. The van der Waals surface area contributed by atoms with Gasteiger partial charge in [0.15, 0.2) is 0 Å². The van der Waals surface area contributed by atoms with Crippen molar-refractivity contribution in [1.82, 2.24) is 25.3 Å². The third-order valence-corrected chi connectivity index (χ3v) is 6.85. The number of anilines is 1. The second-order valence-corrected chi connectivity index (χ2v) is 9.90. The quantitative estimate of drug-likeness (QED) is 0.162. The largest absolute Gasteiger partial charge is 0.756 e. The van der Waals surface area contributed by atoms with Crippen molar-refractivity contribution < 1.29 is 28.0 Å². The number of phosphoric acid groups is 1. The third kappa shape index (κ3) is 6.75. The minimum Gasteiger partial charge on any atom is -0.756 e. The Kier molecular flexibility index (Phi) is 9.24. The molecule has 18 nitrogen and oxygen atoms in total. The predicted octanol–water partition coefficient (Wildman–Crippen LogP) is 0.206. The molecule has 2 aromatic heterocycles. The Morgan fingerprint density at radius 2 is 2.00 bits per heavy atom. The Labute approximate surface area is 214 Å². The first-order chi connectivity index (χ1) is 17.6. The molecule has 7 N–H and O–H groups in total. The van der Waals surface area contributed by atoms with Crippen LogP contribution >= 0.6 is 7.82 Å². The number of nitrogens with two attached hydrogens (primary N) is 1. The number of hydrogen-bond donors (Lipinski definition) is 3. The molecule has 0 bridgehead atoms. The van der Waals surface area contributed by atoms with Crippen molar-refractivity contribution in [3.63, 3.8) is 0 Å². The van der Waals surface area contributed by atoms with Crippen LogP contribution in [0.5, 0.6) is 0 Å². The number of ether oxygens (including phenoxy) is 2. The molecule has 2 aliphatic heterocycles. The van der Waals surface area contributed by atoms with Gasteiger partial charge in [-0.1, -0.05) is 5.11 Å². The van der Waals surface area contributed by atoms with E-state index in [9.17, 15) is 23.8 Å². The van der Waals surface area contributed by atoms with Gasteiger partial charge >= 0.3 is 11.4 Å². The molecule has 2 aliphatic rings. The number of hydrogen-bond acceptors (Lipinski definition) is 12. The summed E-state index contributed by atoms with van der Waals surface area (Å²) in [5.74, 6) is 0.0738. The molecule has 208 valence electrons. The fourth-order valence-electron chi connectivity index (χ4n) is 4.06. The average molecular weight is 557 g/mol. The van der Waals surface area contributed by atoms with Crippen LogP contribution in [-0.2, 0) is 23.1 Å². The zero-order chi connectivity index (χ0) is 26.7. The van der Waals surface area contributed by atoms with Gasteiger partial charge in [0, 0.05) is 29.3 Å². The van der Waals surface area contributed by atoms with Crippen molar-refractivity contribution in [3.05, 3.63) is 65.8 Å². The van der Waals surface area contributed by atoms with E-state index >= 15 is 0 Å². The fourth-order valence-corrected chi connectivity index (χ4v) is 4.81. The van der Waals surface area contributed by atoms with Crippen molar-refractivity contribution in [2.24, 2.45) is 5.11 Å². The SMILES string of the molecule is Cc1cn([C@H]2C[C@H](N=[N+]=[N-])[C@@H](COP(=O)([O-])OC[C@@H]3CC[C@H](n4ccc(N)nc4=O)O3)O2)c(=O)[nH]c1=O.[NH4+]. The van der Waals surface area contributed by atoms with Crippen LogP contribution < -0.4 is 33.7 Å². The van der Waals surface area contributed by atoms with E-state index in [1.807, 2.05) is 0 Å². The van der Waals surface area contributed by atoms with Crippen LogP contribution in [0.3, 0.4) is 0 Å². The molecule has 2 fully saturated rings. The number of rotatable bonds is 9. The Morgan fingerprint density at radius 1 is 1.26 bits per heavy atom.